The molecular formula is C16H24N2O. The lowest BCUT2D eigenvalue weighted by Gasteiger charge is -2.14. The van der Waals surface area contributed by atoms with E-state index in [1.807, 2.05) is 6.07 Å². The lowest BCUT2D eigenvalue weighted by atomic mass is 10.0. The lowest BCUT2D eigenvalue weighted by Crippen LogP contribution is -2.31. The van der Waals surface area contributed by atoms with Gasteiger partial charge in [0.25, 0.3) is 0 Å². The Morgan fingerprint density at radius 1 is 1.42 bits per heavy atom. The highest BCUT2D eigenvalue weighted by Gasteiger charge is 2.41. The van der Waals surface area contributed by atoms with E-state index in [0.717, 1.165) is 25.9 Å². The first-order valence-electron chi connectivity index (χ1n) is 7.16. The zero-order valence-corrected chi connectivity index (χ0v) is 11.7. The van der Waals surface area contributed by atoms with E-state index >= 15 is 0 Å². The number of benzene rings is 1. The maximum atomic E-state index is 11.8. The van der Waals surface area contributed by atoms with E-state index in [-0.39, 0.29) is 5.91 Å². The normalized spacial score (nSPS) is 16.1. The first-order chi connectivity index (χ1) is 9.13. The van der Waals surface area contributed by atoms with Crippen molar-refractivity contribution in [3.05, 3.63) is 35.4 Å². The molecule has 1 aliphatic carbocycles. The summed E-state index contributed by atoms with van der Waals surface area (Å²) in [5, 5.41) is 3.06. The van der Waals surface area contributed by atoms with Crippen molar-refractivity contribution in [1.29, 1.82) is 0 Å². The Bertz CT molecular complexity index is 438. The van der Waals surface area contributed by atoms with Crippen molar-refractivity contribution < 1.29 is 4.79 Å². The van der Waals surface area contributed by atoms with Crippen LogP contribution in [0.4, 0.5) is 0 Å². The molecule has 0 bridgehead atoms. The van der Waals surface area contributed by atoms with Gasteiger partial charge in [0, 0.05) is 13.0 Å². The van der Waals surface area contributed by atoms with Crippen LogP contribution < -0.4 is 11.1 Å². The molecule has 104 valence electrons. The molecule has 3 N–H and O–H groups in total. The molecule has 1 aliphatic rings. The highest BCUT2D eigenvalue weighted by atomic mass is 16.1. The minimum absolute atomic E-state index is 0.157. The number of carbonyl (C=O) groups is 1. The van der Waals surface area contributed by atoms with Gasteiger partial charge in [-0.15, -0.1) is 0 Å². The van der Waals surface area contributed by atoms with Gasteiger partial charge in [0.15, 0.2) is 0 Å². The van der Waals surface area contributed by atoms with Crippen molar-refractivity contribution in [2.75, 3.05) is 13.1 Å². The van der Waals surface area contributed by atoms with Crippen LogP contribution in [0.15, 0.2) is 24.3 Å². The predicted octanol–water partition coefficient (Wildman–Crippen LogP) is 2.17. The van der Waals surface area contributed by atoms with Gasteiger partial charge in [0.2, 0.25) is 5.91 Å². The number of nitrogens with two attached hydrogens (primary N) is 1. The van der Waals surface area contributed by atoms with Crippen LogP contribution in [0.2, 0.25) is 0 Å². The quantitative estimate of drug-likeness (QED) is 0.789. The molecule has 0 saturated heterocycles. The second-order valence-electron chi connectivity index (χ2n) is 5.80. The van der Waals surface area contributed by atoms with Crippen molar-refractivity contribution in [2.45, 2.75) is 39.0 Å². The molecule has 1 aromatic carbocycles. The summed E-state index contributed by atoms with van der Waals surface area (Å²) >= 11 is 0. The minimum atomic E-state index is 0.157. The maximum absolute atomic E-state index is 11.8. The molecule has 3 heteroatoms. The molecule has 0 spiro atoms. The molecule has 1 amide bonds. The summed E-state index contributed by atoms with van der Waals surface area (Å²) in [6.45, 7) is 3.60. The summed E-state index contributed by atoms with van der Waals surface area (Å²) in [4.78, 5) is 11.8. The summed E-state index contributed by atoms with van der Waals surface area (Å²) in [5.74, 6) is 0.157. The zero-order valence-electron chi connectivity index (χ0n) is 11.7. The number of carbonyl (C=O) groups excluding carboxylic acids is 1. The molecule has 0 aliphatic heterocycles. The van der Waals surface area contributed by atoms with Crippen LogP contribution in [0.25, 0.3) is 0 Å². The Hall–Kier alpha value is -1.35. The number of rotatable bonds is 7. The van der Waals surface area contributed by atoms with E-state index < -0.39 is 0 Å². The van der Waals surface area contributed by atoms with E-state index in [0.29, 0.717) is 11.8 Å². The topological polar surface area (TPSA) is 55.1 Å². The van der Waals surface area contributed by atoms with Crippen LogP contribution in [0.3, 0.4) is 0 Å². The first kappa shape index (κ1) is 14.1. The van der Waals surface area contributed by atoms with Crippen LogP contribution in [0.5, 0.6) is 0 Å². The highest BCUT2D eigenvalue weighted by Crippen LogP contribution is 2.47. The monoisotopic (exact) mass is 260 g/mol. The molecule has 0 heterocycles. The third-order valence-electron chi connectivity index (χ3n) is 4.02. The molecule has 0 unspecified atom stereocenters. The van der Waals surface area contributed by atoms with Gasteiger partial charge in [-0.05, 0) is 50.1 Å². The van der Waals surface area contributed by atoms with Gasteiger partial charge in [-0.3, -0.25) is 4.79 Å². The smallest absolute Gasteiger partial charge is 0.220 e. The van der Waals surface area contributed by atoms with Gasteiger partial charge in [0.1, 0.15) is 0 Å². The summed E-state index contributed by atoms with van der Waals surface area (Å²) < 4.78 is 0. The lowest BCUT2D eigenvalue weighted by molar-refractivity contribution is -0.121. The molecule has 1 saturated carbocycles. The van der Waals surface area contributed by atoms with Gasteiger partial charge in [0.05, 0.1) is 0 Å². The number of hydrogen-bond acceptors (Lipinski definition) is 2. The van der Waals surface area contributed by atoms with Crippen molar-refractivity contribution in [2.24, 2.45) is 11.1 Å². The number of aryl methyl sites for hydroxylation is 2. The Balaban J connectivity index is 1.70. The van der Waals surface area contributed by atoms with Crippen molar-refractivity contribution in [1.82, 2.24) is 5.32 Å². The van der Waals surface area contributed by atoms with E-state index in [2.05, 4.69) is 30.4 Å². The van der Waals surface area contributed by atoms with Crippen LogP contribution in [0.1, 0.15) is 36.8 Å². The zero-order chi connectivity index (χ0) is 13.7. The Kier molecular flexibility index (Phi) is 4.59. The molecule has 3 nitrogen and oxygen atoms in total. The summed E-state index contributed by atoms with van der Waals surface area (Å²) in [6.07, 6.45) is 4.84. The molecule has 2 rings (SSSR count). The first-order valence-corrected chi connectivity index (χ1v) is 7.16. The Morgan fingerprint density at radius 2 is 2.21 bits per heavy atom. The fraction of sp³-hybridized carbons (Fsp3) is 0.562. The van der Waals surface area contributed by atoms with Crippen molar-refractivity contribution >= 4 is 5.91 Å². The third-order valence-corrected chi connectivity index (χ3v) is 4.02. The van der Waals surface area contributed by atoms with E-state index in [1.165, 1.54) is 24.0 Å². The van der Waals surface area contributed by atoms with Crippen LogP contribution >= 0.6 is 0 Å². The molecule has 0 atom stereocenters. The summed E-state index contributed by atoms with van der Waals surface area (Å²) in [6, 6.07) is 8.34. The number of hydrogen-bond donors (Lipinski definition) is 2. The Morgan fingerprint density at radius 3 is 2.84 bits per heavy atom. The highest BCUT2D eigenvalue weighted by molar-refractivity contribution is 5.76. The van der Waals surface area contributed by atoms with Crippen molar-refractivity contribution in [3.63, 3.8) is 0 Å². The maximum Gasteiger partial charge on any atom is 0.220 e. The fourth-order valence-corrected chi connectivity index (χ4v) is 2.50. The standard InChI is InChI=1S/C16H24N2O/c1-13-3-2-4-14(11-13)5-6-15(19)18-12-16(7-8-16)9-10-17/h2-4,11H,5-10,12,17H2,1H3,(H,18,19). The SMILES string of the molecule is Cc1cccc(CCC(=O)NCC2(CCN)CC2)c1. The average molecular weight is 260 g/mol. The molecule has 1 aromatic rings. The van der Waals surface area contributed by atoms with Gasteiger partial charge in [-0.2, -0.15) is 0 Å². The van der Waals surface area contributed by atoms with Crippen LogP contribution in [-0.4, -0.2) is 19.0 Å². The average Bonchev–Trinajstić information content (AvgIpc) is 3.15. The van der Waals surface area contributed by atoms with Crippen LogP contribution in [0, 0.1) is 12.3 Å². The van der Waals surface area contributed by atoms with Crippen LogP contribution in [-0.2, 0) is 11.2 Å². The van der Waals surface area contributed by atoms with Gasteiger partial charge in [-0.1, -0.05) is 29.8 Å². The van der Waals surface area contributed by atoms with E-state index in [1.54, 1.807) is 0 Å². The molecule has 0 aromatic heterocycles. The predicted molar refractivity (Wildman–Crippen MR) is 77.8 cm³/mol. The second kappa shape index (κ2) is 6.20. The number of amides is 1. The molecular weight excluding hydrogens is 236 g/mol. The van der Waals surface area contributed by atoms with E-state index in [4.69, 9.17) is 5.73 Å². The van der Waals surface area contributed by atoms with Gasteiger partial charge >= 0.3 is 0 Å². The number of nitrogens with one attached hydrogen (secondary N) is 1. The van der Waals surface area contributed by atoms with Gasteiger partial charge in [-0.25, -0.2) is 0 Å². The van der Waals surface area contributed by atoms with Gasteiger partial charge < -0.3 is 11.1 Å². The fourth-order valence-electron chi connectivity index (χ4n) is 2.50. The summed E-state index contributed by atoms with van der Waals surface area (Å²) in [7, 11) is 0. The minimum Gasteiger partial charge on any atom is -0.356 e. The summed E-state index contributed by atoms with van der Waals surface area (Å²) in [5.41, 5.74) is 8.41. The largest absolute Gasteiger partial charge is 0.356 e. The third kappa shape index (κ3) is 4.35. The van der Waals surface area contributed by atoms with E-state index in [9.17, 15) is 4.79 Å². The van der Waals surface area contributed by atoms with Crippen molar-refractivity contribution in [3.8, 4) is 0 Å². The molecule has 19 heavy (non-hydrogen) atoms. The molecule has 0 radical (unpaired) electrons. The Labute approximate surface area is 115 Å². The molecule has 1 fully saturated rings. The second-order valence-corrected chi connectivity index (χ2v) is 5.80.